The standard InChI is InChI=1S/C14H16N2.C5H12N2O/c1-3-11-10-4-2-6-15-13(10)7-9-8-16-12(5-1)14(9)11;1-3-7(4-2)5(6)8/h1,3,5,8,10,13,15-16H,2,4,6-7H2;3-4H2,1-2H3,(H2,6,8)/t10-,13-;/m1./s1. The number of rotatable bonds is 2. The average molecular weight is 328 g/mol. The Morgan fingerprint density at radius 3 is 2.79 bits per heavy atom. The molecular weight excluding hydrogens is 300 g/mol. The Morgan fingerprint density at radius 1 is 1.33 bits per heavy atom. The third-order valence-electron chi connectivity index (χ3n) is 5.32. The van der Waals surface area contributed by atoms with Gasteiger partial charge in [0.25, 0.3) is 0 Å². The van der Waals surface area contributed by atoms with Crippen LogP contribution in [-0.4, -0.2) is 41.6 Å². The highest BCUT2D eigenvalue weighted by molar-refractivity contribution is 5.88. The van der Waals surface area contributed by atoms with Crippen LogP contribution in [0.2, 0.25) is 0 Å². The lowest BCUT2D eigenvalue weighted by Crippen LogP contribution is -2.43. The Morgan fingerprint density at radius 2 is 2.12 bits per heavy atom. The van der Waals surface area contributed by atoms with Gasteiger partial charge in [0.05, 0.1) is 0 Å². The summed E-state index contributed by atoms with van der Waals surface area (Å²) in [4.78, 5) is 15.3. The van der Waals surface area contributed by atoms with Crippen LogP contribution < -0.4 is 11.1 Å². The second-order valence-electron chi connectivity index (χ2n) is 6.61. The van der Waals surface area contributed by atoms with Crippen molar-refractivity contribution < 1.29 is 4.79 Å². The fourth-order valence-corrected chi connectivity index (χ4v) is 4.07. The Kier molecular flexibility index (Phi) is 5.09. The predicted octanol–water partition coefficient (Wildman–Crippen LogP) is 2.97. The van der Waals surface area contributed by atoms with E-state index in [0.717, 1.165) is 5.92 Å². The summed E-state index contributed by atoms with van der Waals surface area (Å²) in [7, 11) is 0. The molecule has 2 heterocycles. The summed E-state index contributed by atoms with van der Waals surface area (Å²) in [5.41, 5.74) is 9.33. The Bertz CT molecular complexity index is 704. The van der Waals surface area contributed by atoms with Gasteiger partial charge in [-0.15, -0.1) is 0 Å². The molecule has 0 unspecified atom stereocenters. The molecule has 4 N–H and O–H groups in total. The van der Waals surface area contributed by atoms with Gasteiger partial charge < -0.3 is 20.9 Å². The summed E-state index contributed by atoms with van der Waals surface area (Å²) >= 11 is 0. The van der Waals surface area contributed by atoms with Gasteiger partial charge in [-0.3, -0.25) is 0 Å². The number of aromatic nitrogens is 1. The molecule has 130 valence electrons. The number of carbonyl (C=O) groups is 1. The van der Waals surface area contributed by atoms with E-state index in [-0.39, 0.29) is 6.03 Å². The first kappa shape index (κ1) is 16.8. The van der Waals surface area contributed by atoms with Gasteiger partial charge in [-0.1, -0.05) is 12.1 Å². The van der Waals surface area contributed by atoms with Crippen LogP contribution in [0.25, 0.3) is 10.9 Å². The van der Waals surface area contributed by atoms with Crippen LogP contribution in [0.5, 0.6) is 0 Å². The largest absolute Gasteiger partial charge is 0.361 e. The number of hydrogen-bond acceptors (Lipinski definition) is 2. The van der Waals surface area contributed by atoms with Gasteiger partial charge in [-0.25, -0.2) is 4.79 Å². The lowest BCUT2D eigenvalue weighted by Gasteiger charge is -2.36. The maximum atomic E-state index is 10.3. The smallest absolute Gasteiger partial charge is 0.314 e. The summed E-state index contributed by atoms with van der Waals surface area (Å²) in [6, 6.07) is 7.04. The summed E-state index contributed by atoms with van der Waals surface area (Å²) in [5, 5.41) is 5.19. The Hall–Kier alpha value is -2.01. The van der Waals surface area contributed by atoms with Crippen molar-refractivity contribution in [2.75, 3.05) is 19.6 Å². The molecule has 2 aromatic rings. The summed E-state index contributed by atoms with van der Waals surface area (Å²) in [6.07, 6.45) is 6.06. The van der Waals surface area contributed by atoms with Crippen LogP contribution in [0.4, 0.5) is 4.79 Å². The highest BCUT2D eigenvalue weighted by atomic mass is 16.2. The van der Waals surface area contributed by atoms with Gasteiger partial charge in [-0.2, -0.15) is 0 Å². The van der Waals surface area contributed by atoms with Gasteiger partial charge in [0.2, 0.25) is 0 Å². The van der Waals surface area contributed by atoms with Gasteiger partial charge in [-0.05, 0) is 56.8 Å². The number of benzene rings is 1. The molecule has 5 heteroatoms. The molecule has 2 aliphatic rings. The van der Waals surface area contributed by atoms with E-state index in [0.29, 0.717) is 19.1 Å². The average Bonchev–Trinajstić information content (AvgIpc) is 3.01. The van der Waals surface area contributed by atoms with Crippen molar-refractivity contribution >= 4 is 16.9 Å². The molecule has 2 atom stereocenters. The molecule has 4 rings (SSSR count). The SMILES string of the molecule is CCN(CC)C(N)=O.c1cc2c3c(c[nH]c3c1)C[C@H]1NCCC[C@H]21. The Labute approximate surface area is 143 Å². The van der Waals surface area contributed by atoms with Crippen molar-refractivity contribution in [2.45, 2.75) is 45.1 Å². The number of urea groups is 1. The van der Waals surface area contributed by atoms with Crippen LogP contribution in [0.3, 0.4) is 0 Å². The monoisotopic (exact) mass is 328 g/mol. The normalized spacial score (nSPS) is 21.6. The van der Waals surface area contributed by atoms with Gasteiger partial charge in [0, 0.05) is 42.1 Å². The second-order valence-corrected chi connectivity index (χ2v) is 6.61. The van der Waals surface area contributed by atoms with Crippen molar-refractivity contribution in [3.05, 3.63) is 35.5 Å². The zero-order valence-electron chi connectivity index (χ0n) is 14.6. The third-order valence-corrected chi connectivity index (χ3v) is 5.32. The molecule has 0 saturated carbocycles. The number of hydrogen-bond donors (Lipinski definition) is 3. The fraction of sp³-hybridized carbons (Fsp3) is 0.526. The number of nitrogens with zero attached hydrogens (tertiary/aromatic N) is 1. The molecule has 0 bridgehead atoms. The first-order valence-electron chi connectivity index (χ1n) is 9.02. The van der Waals surface area contributed by atoms with Gasteiger partial charge in [0.15, 0.2) is 0 Å². The van der Waals surface area contributed by atoms with E-state index >= 15 is 0 Å². The number of nitrogens with one attached hydrogen (secondary N) is 2. The molecule has 1 aliphatic heterocycles. The first-order chi connectivity index (χ1) is 11.7. The minimum Gasteiger partial charge on any atom is -0.361 e. The minimum absolute atomic E-state index is 0.338. The summed E-state index contributed by atoms with van der Waals surface area (Å²) < 4.78 is 0. The Balaban J connectivity index is 0.000000183. The number of amides is 2. The van der Waals surface area contributed by atoms with Crippen LogP contribution in [0.1, 0.15) is 43.7 Å². The zero-order chi connectivity index (χ0) is 17.1. The number of primary amides is 1. The number of H-pyrrole nitrogens is 1. The molecular formula is C19H28N4O. The second kappa shape index (κ2) is 7.26. The van der Waals surface area contributed by atoms with Crippen molar-refractivity contribution in [1.29, 1.82) is 0 Å². The van der Waals surface area contributed by atoms with Crippen LogP contribution in [0, 0.1) is 0 Å². The molecule has 0 spiro atoms. The third kappa shape index (κ3) is 3.13. The van der Waals surface area contributed by atoms with E-state index in [1.807, 2.05) is 13.8 Å². The zero-order valence-corrected chi connectivity index (χ0v) is 14.6. The topological polar surface area (TPSA) is 74.1 Å². The van der Waals surface area contributed by atoms with Gasteiger partial charge >= 0.3 is 6.03 Å². The van der Waals surface area contributed by atoms with E-state index < -0.39 is 0 Å². The van der Waals surface area contributed by atoms with Crippen LogP contribution in [0.15, 0.2) is 24.4 Å². The highest BCUT2D eigenvalue weighted by Crippen LogP contribution is 2.40. The van der Waals surface area contributed by atoms with E-state index in [1.54, 1.807) is 10.5 Å². The maximum absolute atomic E-state index is 10.3. The summed E-state index contributed by atoms with van der Waals surface area (Å²) in [5.74, 6) is 0.737. The molecule has 5 nitrogen and oxygen atoms in total. The van der Waals surface area contributed by atoms with Crippen molar-refractivity contribution in [3.8, 4) is 0 Å². The molecule has 24 heavy (non-hydrogen) atoms. The van der Waals surface area contributed by atoms with E-state index in [4.69, 9.17) is 5.73 Å². The molecule has 1 aromatic heterocycles. The van der Waals surface area contributed by atoms with Gasteiger partial charge in [0.1, 0.15) is 0 Å². The van der Waals surface area contributed by atoms with Crippen molar-refractivity contribution in [2.24, 2.45) is 5.73 Å². The lowest BCUT2D eigenvalue weighted by atomic mass is 9.76. The fourth-order valence-electron chi connectivity index (χ4n) is 4.07. The van der Waals surface area contributed by atoms with E-state index in [1.165, 1.54) is 42.3 Å². The molecule has 1 aromatic carbocycles. The minimum atomic E-state index is -0.338. The number of nitrogens with two attached hydrogens (primary N) is 1. The maximum Gasteiger partial charge on any atom is 0.314 e. The lowest BCUT2D eigenvalue weighted by molar-refractivity contribution is 0.213. The predicted molar refractivity (Wildman–Crippen MR) is 98.3 cm³/mol. The first-order valence-corrected chi connectivity index (χ1v) is 9.02. The number of carbonyl (C=O) groups excluding carboxylic acids is 1. The molecule has 1 aliphatic carbocycles. The molecule has 2 amide bonds. The highest BCUT2D eigenvalue weighted by Gasteiger charge is 2.32. The van der Waals surface area contributed by atoms with E-state index in [2.05, 4.69) is 34.7 Å². The van der Waals surface area contributed by atoms with Crippen LogP contribution >= 0.6 is 0 Å². The van der Waals surface area contributed by atoms with Crippen LogP contribution in [-0.2, 0) is 6.42 Å². The van der Waals surface area contributed by atoms with Crippen molar-refractivity contribution in [3.63, 3.8) is 0 Å². The molecule has 1 saturated heterocycles. The number of aromatic amines is 1. The van der Waals surface area contributed by atoms with Crippen molar-refractivity contribution in [1.82, 2.24) is 15.2 Å². The quantitative estimate of drug-likeness (QED) is 0.793. The molecule has 1 fully saturated rings. The number of piperidine rings is 1. The van der Waals surface area contributed by atoms with E-state index in [9.17, 15) is 4.79 Å². The summed E-state index contributed by atoms with van der Waals surface area (Å²) in [6.45, 7) is 6.39. The molecule has 0 radical (unpaired) electrons. The number of fused-ring (bicyclic) bond motifs is 2.